The Morgan fingerprint density at radius 2 is 2.19 bits per heavy atom. The average Bonchev–Trinajstić information content (AvgIpc) is 3.16. The Kier molecular flexibility index (Phi) is 5.47. The second-order valence-corrected chi connectivity index (χ2v) is 7.62. The Bertz CT molecular complexity index is 808. The number of thiazole rings is 1. The van der Waals surface area contributed by atoms with Gasteiger partial charge in [0.15, 0.2) is 0 Å². The summed E-state index contributed by atoms with van der Waals surface area (Å²) in [6.07, 6.45) is 8.87. The summed E-state index contributed by atoms with van der Waals surface area (Å²) >= 11 is 1.74. The molecule has 134 valence electrons. The van der Waals surface area contributed by atoms with Crippen LogP contribution in [0.1, 0.15) is 23.4 Å². The van der Waals surface area contributed by atoms with Crippen molar-refractivity contribution in [1.29, 1.82) is 0 Å². The zero-order chi connectivity index (χ0) is 17.6. The molecule has 0 amide bonds. The fourth-order valence-corrected chi connectivity index (χ4v) is 4.08. The first-order valence-electron chi connectivity index (χ1n) is 8.94. The largest absolute Gasteiger partial charge is 0.325 e. The number of hydrogen-bond donors (Lipinski definition) is 1. The third-order valence-electron chi connectivity index (χ3n) is 4.61. The van der Waals surface area contributed by atoms with E-state index in [4.69, 9.17) is 0 Å². The van der Waals surface area contributed by atoms with Gasteiger partial charge in [-0.05, 0) is 43.9 Å². The average molecular weight is 366 g/mol. The number of pyridine rings is 1. The highest BCUT2D eigenvalue weighted by atomic mass is 32.1. The van der Waals surface area contributed by atoms with Crippen LogP contribution >= 0.6 is 11.3 Å². The van der Waals surface area contributed by atoms with Crippen LogP contribution in [0.25, 0.3) is 0 Å². The molecule has 1 aliphatic rings. The molecule has 0 radical (unpaired) electrons. The summed E-state index contributed by atoms with van der Waals surface area (Å²) in [4.78, 5) is 21.1. The van der Waals surface area contributed by atoms with Crippen LogP contribution in [0.4, 0.5) is 11.6 Å². The van der Waals surface area contributed by atoms with E-state index in [1.165, 1.54) is 24.3 Å². The van der Waals surface area contributed by atoms with Crippen LogP contribution in [0.15, 0.2) is 48.5 Å². The molecule has 1 fully saturated rings. The van der Waals surface area contributed by atoms with Crippen molar-refractivity contribution in [2.24, 2.45) is 5.92 Å². The highest BCUT2D eigenvalue weighted by Crippen LogP contribution is 2.23. The van der Waals surface area contributed by atoms with Crippen LogP contribution in [0.2, 0.25) is 0 Å². The van der Waals surface area contributed by atoms with Crippen LogP contribution in [0.5, 0.6) is 0 Å². The lowest BCUT2D eigenvalue weighted by molar-refractivity contribution is 0.167. The summed E-state index contributed by atoms with van der Waals surface area (Å²) in [5.74, 6) is 2.23. The Balaban J connectivity index is 1.36. The van der Waals surface area contributed by atoms with Gasteiger partial charge in [0.2, 0.25) is 0 Å². The molecule has 0 spiro atoms. The summed E-state index contributed by atoms with van der Waals surface area (Å²) in [5.41, 5.74) is 3.00. The highest BCUT2D eigenvalue weighted by Gasteiger charge is 2.21. The molecule has 4 rings (SSSR count). The first kappa shape index (κ1) is 17.1. The van der Waals surface area contributed by atoms with Crippen molar-refractivity contribution in [1.82, 2.24) is 24.8 Å². The number of nitrogens with zero attached hydrogens (tertiary/aromatic N) is 5. The number of anilines is 2. The number of rotatable bonds is 6. The molecule has 1 atom stereocenters. The molecule has 6 nitrogen and oxygen atoms in total. The van der Waals surface area contributed by atoms with E-state index in [1.807, 2.05) is 36.0 Å². The van der Waals surface area contributed by atoms with Gasteiger partial charge in [0.25, 0.3) is 0 Å². The first-order chi connectivity index (χ1) is 12.8. The molecule has 7 heteroatoms. The lowest BCUT2D eigenvalue weighted by atomic mass is 9.93. The Morgan fingerprint density at radius 3 is 3.04 bits per heavy atom. The molecule has 1 N–H and O–H groups in total. The number of piperidine rings is 1. The molecule has 0 aliphatic carbocycles. The molecule has 4 heterocycles. The minimum Gasteiger partial charge on any atom is -0.325 e. The first-order valence-corrected chi connectivity index (χ1v) is 9.82. The van der Waals surface area contributed by atoms with Gasteiger partial charge in [0, 0.05) is 42.1 Å². The van der Waals surface area contributed by atoms with Crippen LogP contribution in [0.3, 0.4) is 0 Å². The van der Waals surface area contributed by atoms with Crippen molar-refractivity contribution in [2.75, 3.05) is 18.4 Å². The minimum absolute atomic E-state index is 0.634. The molecule has 3 aromatic heterocycles. The number of nitrogens with one attached hydrogen (secondary N) is 1. The van der Waals surface area contributed by atoms with Crippen LogP contribution < -0.4 is 5.32 Å². The third-order valence-corrected chi connectivity index (χ3v) is 5.37. The van der Waals surface area contributed by atoms with Gasteiger partial charge >= 0.3 is 0 Å². The molecule has 0 unspecified atom stereocenters. The van der Waals surface area contributed by atoms with Crippen molar-refractivity contribution in [3.63, 3.8) is 0 Å². The van der Waals surface area contributed by atoms with Crippen LogP contribution in [0, 0.1) is 5.92 Å². The Labute approximate surface area is 157 Å². The fraction of sp³-hybridized carbons (Fsp3) is 0.368. The number of likely N-dealkylation sites (tertiary alicyclic amines) is 1. The summed E-state index contributed by atoms with van der Waals surface area (Å²) in [7, 11) is 0. The molecule has 1 aliphatic heterocycles. The van der Waals surface area contributed by atoms with Crippen molar-refractivity contribution in [3.8, 4) is 0 Å². The van der Waals surface area contributed by atoms with Gasteiger partial charge < -0.3 is 5.32 Å². The van der Waals surface area contributed by atoms with E-state index in [2.05, 4.69) is 30.2 Å². The molecule has 0 bridgehead atoms. The van der Waals surface area contributed by atoms with Gasteiger partial charge in [0.1, 0.15) is 18.0 Å². The van der Waals surface area contributed by atoms with E-state index in [9.17, 15) is 0 Å². The van der Waals surface area contributed by atoms with Crippen LogP contribution in [-0.4, -0.2) is 37.9 Å². The van der Waals surface area contributed by atoms with E-state index < -0.39 is 0 Å². The van der Waals surface area contributed by atoms with Gasteiger partial charge in [-0.1, -0.05) is 6.07 Å². The summed E-state index contributed by atoms with van der Waals surface area (Å²) < 4.78 is 0. The number of hydrogen-bond acceptors (Lipinski definition) is 7. The van der Waals surface area contributed by atoms with E-state index in [-0.39, 0.29) is 0 Å². The van der Waals surface area contributed by atoms with Gasteiger partial charge in [-0.2, -0.15) is 0 Å². The maximum absolute atomic E-state index is 4.48. The monoisotopic (exact) mass is 366 g/mol. The minimum atomic E-state index is 0.634. The summed E-state index contributed by atoms with van der Waals surface area (Å²) in [5, 5.41) is 3.24. The second-order valence-electron chi connectivity index (χ2n) is 6.65. The lowest BCUT2D eigenvalue weighted by Gasteiger charge is -2.32. The second kappa shape index (κ2) is 8.33. The van der Waals surface area contributed by atoms with Gasteiger partial charge in [-0.15, -0.1) is 11.3 Å². The fourth-order valence-electron chi connectivity index (χ4n) is 3.44. The van der Waals surface area contributed by atoms with Crippen LogP contribution in [-0.2, 0) is 13.0 Å². The van der Waals surface area contributed by atoms with Gasteiger partial charge in [-0.25, -0.2) is 15.0 Å². The Hall–Kier alpha value is -2.38. The third kappa shape index (κ3) is 4.62. The van der Waals surface area contributed by atoms with Gasteiger partial charge in [0.05, 0.1) is 5.51 Å². The van der Waals surface area contributed by atoms with Crippen molar-refractivity contribution < 1.29 is 0 Å². The standard InChI is InChI=1S/C19H22N6S/c1-2-6-21-18(5-1)24-19-9-16(22-13-23-19)8-15-4-3-7-25(11-15)12-17-10-20-14-26-17/h1-2,5-6,9-10,13-15H,3-4,7-8,11-12H2,(H,21,22,23,24)/t15-/m1/s1. The van der Waals surface area contributed by atoms with Crippen molar-refractivity contribution in [2.45, 2.75) is 25.8 Å². The van der Waals surface area contributed by atoms with E-state index >= 15 is 0 Å². The maximum Gasteiger partial charge on any atom is 0.135 e. The smallest absolute Gasteiger partial charge is 0.135 e. The van der Waals surface area contributed by atoms with Gasteiger partial charge in [-0.3, -0.25) is 9.88 Å². The van der Waals surface area contributed by atoms with E-state index in [0.29, 0.717) is 5.92 Å². The predicted molar refractivity (Wildman–Crippen MR) is 103 cm³/mol. The Morgan fingerprint density at radius 1 is 1.19 bits per heavy atom. The van der Waals surface area contributed by atoms with Crippen molar-refractivity contribution >= 4 is 23.0 Å². The normalized spacial score (nSPS) is 17.9. The van der Waals surface area contributed by atoms with E-state index in [1.54, 1.807) is 23.9 Å². The van der Waals surface area contributed by atoms with E-state index in [0.717, 1.165) is 36.8 Å². The summed E-state index contributed by atoms with van der Waals surface area (Å²) in [6, 6.07) is 7.83. The zero-order valence-corrected chi connectivity index (χ0v) is 15.4. The molecular formula is C19H22N6S. The topological polar surface area (TPSA) is 66.8 Å². The number of aromatic nitrogens is 4. The predicted octanol–water partition coefficient (Wildman–Crippen LogP) is 3.53. The quantitative estimate of drug-likeness (QED) is 0.720. The molecule has 3 aromatic rings. The lowest BCUT2D eigenvalue weighted by Crippen LogP contribution is -2.35. The molecule has 0 aromatic carbocycles. The molecule has 0 saturated carbocycles. The molecule has 1 saturated heterocycles. The zero-order valence-electron chi connectivity index (χ0n) is 14.6. The van der Waals surface area contributed by atoms with Crippen molar-refractivity contribution in [3.05, 3.63) is 59.1 Å². The highest BCUT2D eigenvalue weighted by molar-refractivity contribution is 7.09. The molecular weight excluding hydrogens is 344 g/mol. The SMILES string of the molecule is c1ccc(Nc2cc(C[C@H]3CCCN(Cc4cncs4)C3)ncn2)nc1. The maximum atomic E-state index is 4.48. The molecule has 26 heavy (non-hydrogen) atoms. The summed E-state index contributed by atoms with van der Waals surface area (Å²) in [6.45, 7) is 3.30.